The molecule has 206 valence electrons. The van der Waals surface area contributed by atoms with Gasteiger partial charge in [0.2, 0.25) is 0 Å². The molecule has 0 amide bonds. The summed E-state index contributed by atoms with van der Waals surface area (Å²) >= 11 is 0. The first-order chi connectivity index (χ1) is 21.5. The van der Waals surface area contributed by atoms with Gasteiger partial charge in [0, 0.05) is 16.8 Å². The third-order valence-electron chi connectivity index (χ3n) is 11.7. The maximum atomic E-state index is 2.59. The van der Waals surface area contributed by atoms with Crippen molar-refractivity contribution in [1.82, 2.24) is 0 Å². The summed E-state index contributed by atoms with van der Waals surface area (Å²) in [5.74, 6) is 0. The molecule has 2 unspecified atom stereocenters. The van der Waals surface area contributed by atoms with Crippen LogP contribution in [0.1, 0.15) is 25.8 Å². The van der Waals surface area contributed by atoms with Crippen LogP contribution in [0.15, 0.2) is 127 Å². The molecule has 44 heavy (non-hydrogen) atoms. The Hall–Kier alpha value is -5.14. The van der Waals surface area contributed by atoms with Crippen molar-refractivity contribution in [2.45, 2.75) is 31.2 Å². The molecule has 0 spiro atoms. The number of rotatable bonds is 2. The van der Waals surface area contributed by atoms with E-state index in [1.807, 2.05) is 0 Å². The Morgan fingerprint density at radius 2 is 1.11 bits per heavy atom. The highest BCUT2D eigenvalue weighted by atomic mass is 15.3. The quantitative estimate of drug-likeness (QED) is 0.204. The van der Waals surface area contributed by atoms with Crippen LogP contribution in [0.4, 0.5) is 11.4 Å². The molecule has 1 saturated carbocycles. The molecule has 0 radical (unpaired) electrons. The Bertz CT molecular complexity index is 2580. The number of anilines is 2. The molecule has 0 saturated heterocycles. The monoisotopic (exact) mass is 559 g/mol. The van der Waals surface area contributed by atoms with E-state index in [-0.39, 0.29) is 11.0 Å². The first kappa shape index (κ1) is 23.3. The lowest BCUT2D eigenvalue weighted by Gasteiger charge is -2.29. The lowest BCUT2D eigenvalue weighted by atomic mass is 9.90. The highest BCUT2D eigenvalue weighted by Gasteiger charge is 2.70. The molecule has 1 nitrogen and oxygen atoms in total. The zero-order valence-corrected chi connectivity index (χ0v) is 24.8. The molecule has 0 aromatic heterocycles. The van der Waals surface area contributed by atoms with Crippen molar-refractivity contribution in [3.63, 3.8) is 0 Å². The summed E-state index contributed by atoms with van der Waals surface area (Å²) in [4.78, 5) is 2.59. The lowest BCUT2D eigenvalue weighted by Crippen LogP contribution is -2.30. The SMILES string of the molecule is CC12CC1(C)N(c1ccccc1)c1ccc(-c3ccc4c5cc6c(cc5c5cccc3c54)c3cccc4cccc6c43)cc12. The maximum absolute atomic E-state index is 2.59. The number of benzene rings is 7. The summed E-state index contributed by atoms with van der Waals surface area (Å²) in [5, 5.41) is 16.4. The Balaban J connectivity index is 1.15. The molecule has 1 fully saturated rings. The van der Waals surface area contributed by atoms with Gasteiger partial charge in [0.1, 0.15) is 0 Å². The van der Waals surface area contributed by atoms with E-state index in [4.69, 9.17) is 0 Å². The first-order valence-electron chi connectivity index (χ1n) is 15.8. The normalized spacial score (nSPS) is 21.0. The van der Waals surface area contributed by atoms with Gasteiger partial charge in [-0.25, -0.2) is 0 Å². The summed E-state index contributed by atoms with van der Waals surface area (Å²) < 4.78 is 0. The molecule has 2 atom stereocenters. The molecule has 2 aliphatic rings. The second kappa shape index (κ2) is 7.49. The minimum Gasteiger partial charge on any atom is -0.334 e. The summed E-state index contributed by atoms with van der Waals surface area (Å²) in [6.07, 6.45) is 1.19. The van der Waals surface area contributed by atoms with Gasteiger partial charge >= 0.3 is 0 Å². The van der Waals surface area contributed by atoms with Crippen molar-refractivity contribution in [2.24, 2.45) is 0 Å². The van der Waals surface area contributed by atoms with E-state index in [0.29, 0.717) is 0 Å². The van der Waals surface area contributed by atoms with Crippen LogP contribution in [0.25, 0.3) is 75.8 Å². The number of fused-ring (bicyclic) bond motifs is 9. The molecule has 0 N–H and O–H groups in total. The third-order valence-corrected chi connectivity index (χ3v) is 11.7. The fraction of sp³-hybridized carbons (Fsp3) is 0.116. The van der Waals surface area contributed by atoms with Gasteiger partial charge in [0.05, 0.1) is 5.54 Å². The Morgan fingerprint density at radius 3 is 1.82 bits per heavy atom. The van der Waals surface area contributed by atoms with Crippen LogP contribution in [0.5, 0.6) is 0 Å². The average molecular weight is 560 g/mol. The summed E-state index contributed by atoms with van der Waals surface area (Å²) in [6.45, 7) is 4.90. The molecule has 0 bridgehead atoms. The third kappa shape index (κ3) is 2.57. The van der Waals surface area contributed by atoms with Crippen molar-refractivity contribution in [3.05, 3.63) is 133 Å². The van der Waals surface area contributed by atoms with Crippen molar-refractivity contribution in [1.29, 1.82) is 0 Å². The number of para-hydroxylation sites is 1. The van der Waals surface area contributed by atoms with Crippen LogP contribution in [-0.2, 0) is 5.41 Å². The van der Waals surface area contributed by atoms with Crippen molar-refractivity contribution in [2.75, 3.05) is 4.90 Å². The maximum Gasteiger partial charge on any atom is 0.0528 e. The second-order valence-electron chi connectivity index (χ2n) is 13.7. The molecule has 1 aliphatic heterocycles. The predicted molar refractivity (Wildman–Crippen MR) is 188 cm³/mol. The molecular weight excluding hydrogens is 530 g/mol. The zero-order valence-electron chi connectivity index (χ0n) is 24.8. The minimum absolute atomic E-state index is 0.127. The summed E-state index contributed by atoms with van der Waals surface area (Å²) in [5.41, 5.74) is 7.07. The molecule has 1 heterocycles. The Morgan fingerprint density at radius 1 is 0.500 bits per heavy atom. The number of hydrogen-bond acceptors (Lipinski definition) is 1. The van der Waals surface area contributed by atoms with Gasteiger partial charge in [-0.15, -0.1) is 0 Å². The highest BCUT2D eigenvalue weighted by Crippen LogP contribution is 2.70. The standard InChI is InChI=1S/C43H29N/c1-42-24-43(42,2)44(27-11-4-3-5-12-27)39-20-17-26(21-38(39)42)28-18-19-33-37-23-35-31-14-7-10-25-9-6-13-30(40(25)31)34(35)22-36(37)32-16-8-15-29(28)41(32)33/h3-23H,24H2,1-2H3. The molecule has 9 aromatic carbocycles. The molecule has 11 rings (SSSR count). The highest BCUT2D eigenvalue weighted by molar-refractivity contribution is 6.38. The lowest BCUT2D eigenvalue weighted by molar-refractivity contribution is 0.639. The van der Waals surface area contributed by atoms with Gasteiger partial charge in [-0.3, -0.25) is 0 Å². The van der Waals surface area contributed by atoms with E-state index in [9.17, 15) is 0 Å². The van der Waals surface area contributed by atoms with Crippen molar-refractivity contribution in [3.8, 4) is 11.1 Å². The first-order valence-corrected chi connectivity index (χ1v) is 15.8. The van der Waals surface area contributed by atoms with Crippen LogP contribution in [0, 0.1) is 0 Å². The Labute approximate surface area is 255 Å². The summed E-state index contributed by atoms with van der Waals surface area (Å²) in [6, 6.07) is 48.2. The average Bonchev–Trinajstić information content (AvgIpc) is 3.27. The smallest absolute Gasteiger partial charge is 0.0528 e. The van der Waals surface area contributed by atoms with Gasteiger partial charge in [-0.05, 0) is 131 Å². The molecule has 1 heteroatoms. The van der Waals surface area contributed by atoms with Gasteiger partial charge < -0.3 is 4.90 Å². The van der Waals surface area contributed by atoms with E-state index in [2.05, 4.69) is 146 Å². The Kier molecular flexibility index (Phi) is 3.97. The van der Waals surface area contributed by atoms with E-state index < -0.39 is 0 Å². The molecule has 1 aliphatic carbocycles. The van der Waals surface area contributed by atoms with Gasteiger partial charge in [-0.2, -0.15) is 0 Å². The number of hydrogen-bond donors (Lipinski definition) is 0. The van der Waals surface area contributed by atoms with Crippen LogP contribution >= 0.6 is 0 Å². The second-order valence-corrected chi connectivity index (χ2v) is 13.7. The van der Waals surface area contributed by atoms with Gasteiger partial charge in [0.15, 0.2) is 0 Å². The zero-order chi connectivity index (χ0) is 28.9. The number of nitrogens with zero attached hydrogens (tertiary/aromatic N) is 1. The summed E-state index contributed by atoms with van der Waals surface area (Å²) in [7, 11) is 0. The predicted octanol–water partition coefficient (Wildman–Crippen LogP) is 11.7. The van der Waals surface area contributed by atoms with E-state index in [1.165, 1.54) is 99.1 Å². The fourth-order valence-corrected chi connectivity index (χ4v) is 9.35. The van der Waals surface area contributed by atoms with E-state index in [0.717, 1.165) is 0 Å². The largest absolute Gasteiger partial charge is 0.334 e. The van der Waals surface area contributed by atoms with Gasteiger partial charge in [-0.1, -0.05) is 97.9 Å². The van der Waals surface area contributed by atoms with Gasteiger partial charge in [0.25, 0.3) is 0 Å². The van der Waals surface area contributed by atoms with Crippen LogP contribution in [0.2, 0.25) is 0 Å². The van der Waals surface area contributed by atoms with Crippen LogP contribution < -0.4 is 4.90 Å². The van der Waals surface area contributed by atoms with E-state index >= 15 is 0 Å². The van der Waals surface area contributed by atoms with Crippen LogP contribution in [0.3, 0.4) is 0 Å². The molecular formula is C43H29N. The van der Waals surface area contributed by atoms with Crippen molar-refractivity contribution >= 4 is 76.0 Å². The minimum atomic E-state index is 0.127. The topological polar surface area (TPSA) is 3.24 Å². The van der Waals surface area contributed by atoms with E-state index in [1.54, 1.807) is 0 Å². The fourth-order valence-electron chi connectivity index (χ4n) is 9.35. The van der Waals surface area contributed by atoms with Crippen LogP contribution in [-0.4, -0.2) is 5.54 Å². The molecule has 9 aromatic rings. The van der Waals surface area contributed by atoms with Crippen molar-refractivity contribution < 1.29 is 0 Å².